The number of likely N-dealkylation sites (tertiary alicyclic amines) is 1. The highest BCUT2D eigenvalue weighted by Gasteiger charge is 2.27. The number of nitrogens with one attached hydrogen (secondary N) is 3. The minimum absolute atomic E-state index is 0.388. The van der Waals surface area contributed by atoms with Crippen molar-refractivity contribution in [1.29, 1.82) is 0 Å². The number of piperidine rings is 1. The van der Waals surface area contributed by atoms with Gasteiger partial charge in [0.05, 0.1) is 5.57 Å². The summed E-state index contributed by atoms with van der Waals surface area (Å²) in [6.45, 7) is 3.29. The van der Waals surface area contributed by atoms with Crippen molar-refractivity contribution in [2.45, 2.75) is 25.8 Å². The summed E-state index contributed by atoms with van der Waals surface area (Å²) < 4.78 is 0. The van der Waals surface area contributed by atoms with Crippen LogP contribution in [0.1, 0.15) is 40.7 Å². The molecule has 1 saturated heterocycles. The molecule has 0 radical (unpaired) electrons. The largest absolute Gasteiger partial charge is 0.378 e. The highest BCUT2D eigenvalue weighted by Crippen LogP contribution is 2.29. The molecule has 0 unspecified atom stereocenters. The van der Waals surface area contributed by atoms with Gasteiger partial charge >= 0.3 is 0 Å². The highest BCUT2D eigenvalue weighted by atomic mass is 16.2. The third-order valence-corrected chi connectivity index (χ3v) is 6.89. The lowest BCUT2D eigenvalue weighted by atomic mass is 9.94. The normalized spacial score (nSPS) is 16.8. The lowest BCUT2D eigenvalue weighted by Gasteiger charge is -2.26. The van der Waals surface area contributed by atoms with Gasteiger partial charge in [0.1, 0.15) is 0 Å². The summed E-state index contributed by atoms with van der Waals surface area (Å²) in [7, 11) is 4.00. The number of amides is 2. The Morgan fingerprint density at radius 3 is 2.19 bits per heavy atom. The molecule has 7 heteroatoms. The smallest absolute Gasteiger partial charge is 0.260 e. The molecule has 2 aliphatic heterocycles. The average molecular weight is 496 g/mol. The van der Waals surface area contributed by atoms with Crippen LogP contribution in [0.4, 0.5) is 22.7 Å². The summed E-state index contributed by atoms with van der Waals surface area (Å²) in [5.41, 5.74) is 6.47. The fourth-order valence-corrected chi connectivity index (χ4v) is 4.79. The third-order valence-electron chi connectivity index (χ3n) is 6.89. The van der Waals surface area contributed by atoms with Gasteiger partial charge in [0.2, 0.25) is 0 Å². The first kappa shape index (κ1) is 24.6. The van der Waals surface area contributed by atoms with Crippen molar-refractivity contribution in [1.82, 2.24) is 10.2 Å². The molecule has 37 heavy (non-hydrogen) atoms. The van der Waals surface area contributed by atoms with Gasteiger partial charge in [-0.3, -0.25) is 19.8 Å². The third kappa shape index (κ3) is 5.84. The van der Waals surface area contributed by atoms with E-state index in [0.29, 0.717) is 16.7 Å². The molecule has 3 aromatic rings. The van der Waals surface area contributed by atoms with Crippen LogP contribution >= 0.6 is 0 Å². The molecule has 0 aliphatic carbocycles. The molecule has 2 aliphatic rings. The predicted molar refractivity (Wildman–Crippen MR) is 150 cm³/mol. The maximum absolute atomic E-state index is 12.8. The second kappa shape index (κ2) is 10.9. The maximum atomic E-state index is 12.8. The Balaban J connectivity index is 1.33. The van der Waals surface area contributed by atoms with Crippen LogP contribution in [0.25, 0.3) is 5.57 Å². The zero-order chi connectivity index (χ0) is 25.8. The minimum Gasteiger partial charge on any atom is -0.378 e. The summed E-state index contributed by atoms with van der Waals surface area (Å²) in [6.07, 6.45) is 5.56. The number of nitrogens with zero attached hydrogens (tertiary/aromatic N) is 2. The Bertz CT molecular complexity index is 1310. The molecule has 0 saturated carbocycles. The number of anilines is 4. The first-order valence-electron chi connectivity index (χ1n) is 12.8. The van der Waals surface area contributed by atoms with Crippen LogP contribution in [0.3, 0.4) is 0 Å². The molecular weight excluding hydrogens is 462 g/mol. The van der Waals surface area contributed by atoms with Crippen LogP contribution in [0.5, 0.6) is 0 Å². The van der Waals surface area contributed by atoms with Crippen molar-refractivity contribution in [3.8, 4) is 0 Å². The fourth-order valence-electron chi connectivity index (χ4n) is 4.79. The fraction of sp³-hybridized carbons (Fsp3) is 0.267. The second-order valence-electron chi connectivity index (χ2n) is 9.85. The molecule has 2 heterocycles. The van der Waals surface area contributed by atoms with E-state index in [-0.39, 0.29) is 5.91 Å². The molecule has 3 aromatic carbocycles. The first-order valence-corrected chi connectivity index (χ1v) is 12.8. The Morgan fingerprint density at radius 2 is 1.49 bits per heavy atom. The van der Waals surface area contributed by atoms with Crippen molar-refractivity contribution in [3.05, 3.63) is 89.6 Å². The van der Waals surface area contributed by atoms with Crippen molar-refractivity contribution in [2.24, 2.45) is 0 Å². The number of hydrogen-bond acceptors (Lipinski definition) is 6. The Labute approximate surface area is 218 Å². The molecule has 0 spiro atoms. The van der Waals surface area contributed by atoms with Gasteiger partial charge < -0.3 is 15.5 Å². The van der Waals surface area contributed by atoms with Crippen LogP contribution in [-0.4, -0.2) is 43.9 Å². The molecule has 0 aromatic heterocycles. The molecule has 7 nitrogen and oxygen atoms in total. The Kier molecular flexibility index (Phi) is 7.23. The molecule has 5 rings (SSSR count). The number of rotatable bonds is 7. The van der Waals surface area contributed by atoms with Crippen molar-refractivity contribution in [3.63, 3.8) is 0 Å². The summed E-state index contributed by atoms with van der Waals surface area (Å²) >= 11 is 0. The van der Waals surface area contributed by atoms with Crippen molar-refractivity contribution >= 4 is 40.1 Å². The second-order valence-corrected chi connectivity index (χ2v) is 9.85. The number of carbonyl (C=O) groups is 2. The monoisotopic (exact) mass is 495 g/mol. The quantitative estimate of drug-likeness (QED) is 0.309. The van der Waals surface area contributed by atoms with E-state index < -0.39 is 5.91 Å². The van der Waals surface area contributed by atoms with E-state index in [1.54, 1.807) is 12.3 Å². The van der Waals surface area contributed by atoms with Gasteiger partial charge in [0.15, 0.2) is 0 Å². The van der Waals surface area contributed by atoms with Crippen LogP contribution < -0.4 is 20.9 Å². The van der Waals surface area contributed by atoms with Crippen LogP contribution in [0.2, 0.25) is 0 Å². The van der Waals surface area contributed by atoms with Gasteiger partial charge in [-0.2, -0.15) is 0 Å². The summed E-state index contributed by atoms with van der Waals surface area (Å²) in [6, 6.07) is 21.8. The van der Waals surface area contributed by atoms with Crippen LogP contribution in [-0.2, 0) is 11.3 Å². The molecule has 0 bridgehead atoms. The Morgan fingerprint density at radius 1 is 0.811 bits per heavy atom. The van der Waals surface area contributed by atoms with Gasteiger partial charge in [0, 0.05) is 60.7 Å². The number of carbonyl (C=O) groups excluding carboxylic acids is 2. The van der Waals surface area contributed by atoms with Gasteiger partial charge in [0.25, 0.3) is 11.8 Å². The van der Waals surface area contributed by atoms with E-state index in [9.17, 15) is 9.59 Å². The summed E-state index contributed by atoms with van der Waals surface area (Å²) in [4.78, 5) is 29.8. The van der Waals surface area contributed by atoms with E-state index in [1.165, 1.54) is 24.8 Å². The molecule has 1 fully saturated rings. The zero-order valence-corrected chi connectivity index (χ0v) is 21.4. The number of imide groups is 1. The van der Waals surface area contributed by atoms with Crippen LogP contribution in [0, 0.1) is 0 Å². The number of benzene rings is 3. The minimum atomic E-state index is -0.417. The van der Waals surface area contributed by atoms with Gasteiger partial charge in [-0.05, 0) is 86.1 Å². The van der Waals surface area contributed by atoms with Gasteiger partial charge in [-0.1, -0.05) is 18.6 Å². The first-order chi connectivity index (χ1) is 18.0. The van der Waals surface area contributed by atoms with Crippen molar-refractivity contribution in [2.75, 3.05) is 42.7 Å². The van der Waals surface area contributed by atoms with Gasteiger partial charge in [-0.15, -0.1) is 0 Å². The predicted octanol–water partition coefficient (Wildman–Crippen LogP) is 5.21. The molecule has 190 valence electrons. The molecule has 0 atom stereocenters. The summed E-state index contributed by atoms with van der Waals surface area (Å²) in [5.74, 6) is -0.805. The molecular formula is C30H33N5O2. The highest BCUT2D eigenvalue weighted by molar-refractivity contribution is 6.31. The average Bonchev–Trinajstić information content (AvgIpc) is 2.90. The summed E-state index contributed by atoms with van der Waals surface area (Å²) in [5, 5.41) is 9.06. The topological polar surface area (TPSA) is 76.7 Å². The molecule has 2 amide bonds. The van der Waals surface area contributed by atoms with E-state index in [1.807, 2.05) is 67.5 Å². The van der Waals surface area contributed by atoms with Gasteiger partial charge in [-0.25, -0.2) is 0 Å². The van der Waals surface area contributed by atoms with E-state index in [4.69, 9.17) is 0 Å². The van der Waals surface area contributed by atoms with E-state index in [2.05, 4.69) is 33.0 Å². The lowest BCUT2D eigenvalue weighted by Crippen LogP contribution is -2.36. The van der Waals surface area contributed by atoms with Crippen LogP contribution in [0.15, 0.2) is 72.9 Å². The van der Waals surface area contributed by atoms with E-state index >= 15 is 0 Å². The molecule has 3 N–H and O–H groups in total. The maximum Gasteiger partial charge on any atom is 0.260 e. The lowest BCUT2D eigenvalue weighted by molar-refractivity contribution is -0.114. The Hall–Kier alpha value is -4.10. The number of hydrogen-bond donors (Lipinski definition) is 3. The van der Waals surface area contributed by atoms with Crippen molar-refractivity contribution < 1.29 is 9.59 Å². The number of fused-ring (bicyclic) bond motifs is 1. The zero-order valence-electron chi connectivity index (χ0n) is 21.4. The van der Waals surface area contributed by atoms with E-state index in [0.717, 1.165) is 42.4 Å². The SMILES string of the molecule is CN(C)c1ccc(Nc2ccc3c(c2)/C(=C/Nc2ccc(CN4CCCCC4)cc2)C(=O)NC3=O)cc1. The standard InChI is InChI=1S/C30H33N5O2/c1-34(2)25-13-10-23(11-14-25)32-24-12-15-26-27(18-24)28(30(37)33-29(26)36)19-31-22-8-6-21(7-9-22)20-35-16-4-3-5-17-35/h6-15,18-19,31-32H,3-5,16-17,20H2,1-2H3,(H,33,36,37)/b28-19-.